The van der Waals surface area contributed by atoms with Gasteiger partial charge in [0.25, 0.3) is 0 Å². The Bertz CT molecular complexity index is 857. The van der Waals surface area contributed by atoms with Crippen LogP contribution in [0.3, 0.4) is 0 Å². The number of nitrogens with two attached hydrogens (primary N) is 1. The Hall–Kier alpha value is -2.80. The van der Waals surface area contributed by atoms with Crippen molar-refractivity contribution in [3.8, 4) is 5.75 Å². The number of Topliss-reactive ketones (excluding diaryl/α,β-unsaturated/α-hetero) is 1. The second-order valence-corrected chi connectivity index (χ2v) is 7.30. The molecule has 1 aromatic carbocycles. The number of allylic oxidation sites excluding steroid dienone is 2. The highest BCUT2D eigenvalue weighted by Gasteiger charge is 2.42. The molecule has 0 unspecified atom stereocenters. The molecule has 3 rings (SSSR count). The fourth-order valence-electron chi connectivity index (χ4n) is 3.74. The quantitative estimate of drug-likeness (QED) is 0.488. The number of hydrogen-bond donors (Lipinski definition) is 1. The van der Waals surface area contributed by atoms with Gasteiger partial charge in [-0.1, -0.05) is 31.5 Å². The van der Waals surface area contributed by atoms with E-state index in [1.165, 1.54) is 7.11 Å². The first-order chi connectivity index (χ1) is 14.6. The molecule has 2 N–H and O–H groups in total. The molecule has 0 bridgehead atoms. The molecular weight excluding hydrogens is 386 g/mol. The number of hydrogen-bond acceptors (Lipinski definition) is 7. The van der Waals surface area contributed by atoms with Gasteiger partial charge < -0.3 is 24.7 Å². The average Bonchev–Trinajstić information content (AvgIpc) is 2.73. The number of unbranched alkanes of at least 4 members (excludes halogenated alkanes) is 1. The van der Waals surface area contributed by atoms with Gasteiger partial charge in [0.15, 0.2) is 5.78 Å². The van der Waals surface area contributed by atoms with Crippen LogP contribution in [0.15, 0.2) is 47.1 Å². The summed E-state index contributed by atoms with van der Waals surface area (Å²) in [7, 11) is 1.52. The standard InChI is InChI=1S/C23H29NO6/c1-3-4-12-28-17-10-6-5-8-15(17)19-20-16(25)9-7-11-18(20)30-22(24)21(19)23(26)29-14-13-27-2/h5-6,8,10,19H,3-4,7,9,11-14,24H2,1-2H3/t19-/m0/s1. The molecule has 0 saturated heterocycles. The van der Waals surface area contributed by atoms with Crippen LogP contribution in [-0.2, 0) is 23.8 Å². The summed E-state index contributed by atoms with van der Waals surface area (Å²) in [5.74, 6) is -0.223. The van der Waals surface area contributed by atoms with Crippen LogP contribution in [0, 0.1) is 0 Å². The van der Waals surface area contributed by atoms with Gasteiger partial charge in [0.1, 0.15) is 23.7 Å². The minimum Gasteiger partial charge on any atom is -0.493 e. The first kappa shape index (κ1) is 21.9. The lowest BCUT2D eigenvalue weighted by atomic mass is 9.77. The summed E-state index contributed by atoms with van der Waals surface area (Å²) in [5, 5.41) is 0. The number of para-hydroxylation sites is 1. The number of methoxy groups -OCH3 is 1. The van der Waals surface area contributed by atoms with E-state index in [0.717, 1.165) is 12.8 Å². The first-order valence-corrected chi connectivity index (χ1v) is 10.4. The van der Waals surface area contributed by atoms with Gasteiger partial charge in [-0.25, -0.2) is 4.79 Å². The largest absolute Gasteiger partial charge is 0.493 e. The Kier molecular flexibility index (Phi) is 7.52. The van der Waals surface area contributed by atoms with Crippen LogP contribution in [0.2, 0.25) is 0 Å². The van der Waals surface area contributed by atoms with E-state index in [0.29, 0.717) is 48.5 Å². The number of rotatable bonds is 9. The smallest absolute Gasteiger partial charge is 0.340 e. The van der Waals surface area contributed by atoms with E-state index in [1.807, 2.05) is 24.3 Å². The van der Waals surface area contributed by atoms with E-state index in [-0.39, 0.29) is 30.5 Å². The number of ketones is 1. The molecule has 1 atom stereocenters. The van der Waals surface area contributed by atoms with Crippen LogP contribution in [0.5, 0.6) is 5.75 Å². The van der Waals surface area contributed by atoms with Crippen LogP contribution in [0.1, 0.15) is 50.5 Å². The van der Waals surface area contributed by atoms with Gasteiger partial charge in [0.2, 0.25) is 5.88 Å². The molecule has 1 aliphatic heterocycles. The van der Waals surface area contributed by atoms with Crippen molar-refractivity contribution in [2.24, 2.45) is 5.73 Å². The fraction of sp³-hybridized carbons (Fsp3) is 0.478. The lowest BCUT2D eigenvalue weighted by Gasteiger charge is -2.33. The second-order valence-electron chi connectivity index (χ2n) is 7.30. The van der Waals surface area contributed by atoms with Crippen molar-refractivity contribution in [2.75, 3.05) is 26.9 Å². The molecule has 0 fully saturated rings. The Morgan fingerprint density at radius 1 is 1.20 bits per heavy atom. The van der Waals surface area contributed by atoms with Crippen LogP contribution in [0.4, 0.5) is 0 Å². The highest BCUT2D eigenvalue weighted by atomic mass is 16.6. The molecule has 162 valence electrons. The molecule has 30 heavy (non-hydrogen) atoms. The number of ether oxygens (including phenoxy) is 4. The van der Waals surface area contributed by atoms with Gasteiger partial charge in [-0.2, -0.15) is 0 Å². The summed E-state index contributed by atoms with van der Waals surface area (Å²) in [6.07, 6.45) is 3.60. The Morgan fingerprint density at radius 3 is 2.77 bits per heavy atom. The topological polar surface area (TPSA) is 97.1 Å². The normalized spacial score (nSPS) is 18.7. The van der Waals surface area contributed by atoms with Gasteiger partial charge in [-0.3, -0.25) is 4.79 Å². The number of esters is 1. The van der Waals surface area contributed by atoms with Crippen molar-refractivity contribution >= 4 is 11.8 Å². The molecular formula is C23H29NO6. The molecule has 0 amide bonds. The van der Waals surface area contributed by atoms with Gasteiger partial charge in [0, 0.05) is 31.1 Å². The minimum atomic E-state index is -0.686. The third-order valence-corrected chi connectivity index (χ3v) is 5.21. The molecule has 0 spiro atoms. The second kappa shape index (κ2) is 10.3. The van der Waals surface area contributed by atoms with Crippen molar-refractivity contribution < 1.29 is 28.5 Å². The Labute approximate surface area is 176 Å². The summed E-state index contributed by atoms with van der Waals surface area (Å²) >= 11 is 0. The SMILES string of the molecule is CCCCOc1ccccc1[C@@H]1C(C(=O)OCCOC)=C(N)OC2=C1C(=O)CCC2. The zero-order valence-corrected chi connectivity index (χ0v) is 17.6. The summed E-state index contributed by atoms with van der Waals surface area (Å²) in [6, 6.07) is 7.43. The minimum absolute atomic E-state index is 0.0285. The van der Waals surface area contributed by atoms with Crippen LogP contribution in [0.25, 0.3) is 0 Å². The van der Waals surface area contributed by atoms with Crippen molar-refractivity contribution in [3.63, 3.8) is 0 Å². The van der Waals surface area contributed by atoms with Gasteiger partial charge in [-0.05, 0) is 18.9 Å². The highest BCUT2D eigenvalue weighted by Crippen LogP contribution is 2.46. The van der Waals surface area contributed by atoms with Gasteiger partial charge in [0.05, 0.1) is 19.1 Å². The van der Waals surface area contributed by atoms with E-state index < -0.39 is 11.9 Å². The van der Waals surface area contributed by atoms with Gasteiger partial charge in [-0.15, -0.1) is 0 Å². The monoisotopic (exact) mass is 415 g/mol. The summed E-state index contributed by atoms with van der Waals surface area (Å²) in [5.41, 5.74) is 7.49. The summed E-state index contributed by atoms with van der Waals surface area (Å²) < 4.78 is 22.0. The van der Waals surface area contributed by atoms with Gasteiger partial charge >= 0.3 is 5.97 Å². The van der Waals surface area contributed by atoms with E-state index in [4.69, 9.17) is 24.7 Å². The zero-order chi connectivity index (χ0) is 21.5. The average molecular weight is 415 g/mol. The first-order valence-electron chi connectivity index (χ1n) is 10.4. The van der Waals surface area contributed by atoms with E-state index in [9.17, 15) is 9.59 Å². The lowest BCUT2D eigenvalue weighted by Crippen LogP contribution is -2.32. The Balaban J connectivity index is 2.05. The number of carbonyl (C=O) groups excluding carboxylic acids is 2. The van der Waals surface area contributed by atoms with Crippen molar-refractivity contribution in [3.05, 3.63) is 52.6 Å². The van der Waals surface area contributed by atoms with Crippen LogP contribution >= 0.6 is 0 Å². The van der Waals surface area contributed by atoms with Crippen molar-refractivity contribution in [1.82, 2.24) is 0 Å². The lowest BCUT2D eigenvalue weighted by molar-refractivity contribution is -0.140. The maximum Gasteiger partial charge on any atom is 0.340 e. The molecule has 7 nitrogen and oxygen atoms in total. The van der Waals surface area contributed by atoms with Crippen LogP contribution < -0.4 is 10.5 Å². The van der Waals surface area contributed by atoms with Crippen molar-refractivity contribution in [2.45, 2.75) is 44.9 Å². The molecule has 0 radical (unpaired) electrons. The third kappa shape index (κ3) is 4.67. The zero-order valence-electron chi connectivity index (χ0n) is 17.6. The molecule has 0 saturated carbocycles. The summed E-state index contributed by atoms with van der Waals surface area (Å²) in [4.78, 5) is 25.9. The maximum absolute atomic E-state index is 12.9. The third-order valence-electron chi connectivity index (χ3n) is 5.21. The van der Waals surface area contributed by atoms with Crippen molar-refractivity contribution in [1.29, 1.82) is 0 Å². The maximum atomic E-state index is 12.9. The highest BCUT2D eigenvalue weighted by molar-refractivity contribution is 6.03. The van der Waals surface area contributed by atoms with E-state index >= 15 is 0 Å². The number of carbonyl (C=O) groups is 2. The van der Waals surface area contributed by atoms with Crippen LogP contribution in [-0.4, -0.2) is 38.7 Å². The molecule has 1 heterocycles. The van der Waals surface area contributed by atoms with E-state index in [2.05, 4.69) is 6.92 Å². The summed E-state index contributed by atoms with van der Waals surface area (Å²) in [6.45, 7) is 2.97. The predicted molar refractivity (Wildman–Crippen MR) is 111 cm³/mol. The molecule has 1 aromatic rings. The molecule has 1 aliphatic carbocycles. The fourth-order valence-corrected chi connectivity index (χ4v) is 3.74. The molecule has 7 heteroatoms. The predicted octanol–water partition coefficient (Wildman–Crippen LogP) is 3.35. The molecule has 2 aliphatic rings. The number of benzene rings is 1. The molecule has 0 aromatic heterocycles. The Morgan fingerprint density at radius 2 is 2.00 bits per heavy atom. The van der Waals surface area contributed by atoms with E-state index in [1.54, 1.807) is 0 Å².